The van der Waals surface area contributed by atoms with E-state index in [1.807, 2.05) is 0 Å². The number of alkyl halides is 3. The van der Waals surface area contributed by atoms with Crippen molar-refractivity contribution < 1.29 is 22.7 Å². The molecule has 1 aromatic rings. The number of benzene rings is 1. The van der Waals surface area contributed by atoms with Crippen LogP contribution in [0.25, 0.3) is 0 Å². The highest BCUT2D eigenvalue weighted by molar-refractivity contribution is 6.17. The number of methoxy groups -OCH3 is 1. The maximum absolute atomic E-state index is 12.7. The molecule has 1 aromatic carbocycles. The lowest BCUT2D eigenvalue weighted by molar-refractivity contribution is -0.120. The molecule has 0 bridgehead atoms. The van der Waals surface area contributed by atoms with Crippen molar-refractivity contribution in [1.82, 2.24) is 0 Å². The summed E-state index contributed by atoms with van der Waals surface area (Å²) in [7, 11) is 1.47. The second kappa shape index (κ2) is 4.56. The number of anilines is 1. The smallest absolute Gasteiger partial charge is 0.432 e. The predicted octanol–water partition coefficient (Wildman–Crippen LogP) is 2.60. The average Bonchev–Trinajstić information content (AvgIpc) is 2.66. The van der Waals surface area contributed by atoms with Crippen LogP contribution in [0.1, 0.15) is 6.92 Å². The van der Waals surface area contributed by atoms with Gasteiger partial charge in [-0.1, -0.05) is 0 Å². The van der Waals surface area contributed by atoms with E-state index in [1.165, 1.54) is 26.2 Å². The topological polar surface area (TPSA) is 41.9 Å². The fourth-order valence-corrected chi connectivity index (χ4v) is 1.75. The molecular formula is C12H11F3N2O2. The molecule has 0 aliphatic carbocycles. The molecule has 1 amide bonds. The number of ether oxygens (including phenoxy) is 1. The molecule has 0 N–H and O–H groups in total. The maximum Gasteiger partial charge on any atom is 0.432 e. The minimum Gasteiger partial charge on any atom is -0.497 e. The molecule has 0 radical (unpaired) electrons. The molecule has 1 aliphatic heterocycles. The third kappa shape index (κ3) is 2.40. The molecule has 1 unspecified atom stereocenters. The van der Waals surface area contributed by atoms with Crippen molar-refractivity contribution in [2.24, 2.45) is 11.0 Å². The van der Waals surface area contributed by atoms with E-state index in [9.17, 15) is 18.0 Å². The second-order valence-electron chi connectivity index (χ2n) is 4.05. The zero-order chi connectivity index (χ0) is 14.2. The Labute approximate surface area is 107 Å². The SMILES string of the molecule is COc1ccc(N2N=C(C(F)(F)F)C(C)C2=O)cc1. The highest BCUT2D eigenvalue weighted by atomic mass is 19.4. The Morgan fingerprint density at radius 3 is 2.26 bits per heavy atom. The van der Waals surface area contributed by atoms with E-state index in [2.05, 4.69) is 5.10 Å². The van der Waals surface area contributed by atoms with E-state index < -0.39 is 23.7 Å². The van der Waals surface area contributed by atoms with Crippen LogP contribution in [0, 0.1) is 5.92 Å². The van der Waals surface area contributed by atoms with Crippen molar-refractivity contribution in [3.05, 3.63) is 24.3 Å². The van der Waals surface area contributed by atoms with Crippen molar-refractivity contribution in [3.63, 3.8) is 0 Å². The molecular weight excluding hydrogens is 261 g/mol. The number of rotatable bonds is 2. The number of halogens is 3. The second-order valence-corrected chi connectivity index (χ2v) is 4.05. The Kier molecular flexibility index (Phi) is 3.21. The average molecular weight is 272 g/mol. The number of hydrazone groups is 1. The fourth-order valence-electron chi connectivity index (χ4n) is 1.75. The zero-order valence-corrected chi connectivity index (χ0v) is 10.2. The van der Waals surface area contributed by atoms with Crippen LogP contribution in [0.3, 0.4) is 0 Å². The van der Waals surface area contributed by atoms with Crippen molar-refractivity contribution >= 4 is 17.3 Å². The molecule has 0 aromatic heterocycles. The van der Waals surface area contributed by atoms with E-state index in [-0.39, 0.29) is 5.69 Å². The van der Waals surface area contributed by atoms with Crippen LogP contribution >= 0.6 is 0 Å². The summed E-state index contributed by atoms with van der Waals surface area (Å²) in [6.07, 6.45) is -4.60. The van der Waals surface area contributed by atoms with E-state index in [1.54, 1.807) is 12.1 Å². The fraction of sp³-hybridized carbons (Fsp3) is 0.333. The third-order valence-electron chi connectivity index (χ3n) is 2.80. The van der Waals surface area contributed by atoms with Crippen molar-refractivity contribution in [2.75, 3.05) is 12.1 Å². The summed E-state index contributed by atoms with van der Waals surface area (Å²) in [5, 5.41) is 4.15. The van der Waals surface area contributed by atoms with Crippen LogP contribution in [0.15, 0.2) is 29.4 Å². The number of nitrogens with zero attached hydrogens (tertiary/aromatic N) is 2. The molecule has 19 heavy (non-hydrogen) atoms. The number of hydrogen-bond acceptors (Lipinski definition) is 3. The lowest BCUT2D eigenvalue weighted by Crippen LogP contribution is -2.31. The van der Waals surface area contributed by atoms with Crippen molar-refractivity contribution in [1.29, 1.82) is 0 Å². The minimum atomic E-state index is -4.60. The monoisotopic (exact) mass is 272 g/mol. The van der Waals surface area contributed by atoms with Gasteiger partial charge in [0.15, 0.2) is 5.71 Å². The largest absolute Gasteiger partial charge is 0.497 e. The van der Waals surface area contributed by atoms with Gasteiger partial charge in [0.1, 0.15) is 5.75 Å². The van der Waals surface area contributed by atoms with Crippen LogP contribution in [0.2, 0.25) is 0 Å². The standard InChI is InChI=1S/C12H11F3N2O2/c1-7-10(12(13,14)15)16-17(11(7)18)8-3-5-9(19-2)6-4-8/h3-7H,1-2H3. The van der Waals surface area contributed by atoms with Gasteiger partial charge in [0.25, 0.3) is 5.91 Å². The number of carbonyl (C=O) groups is 1. The molecule has 1 aliphatic rings. The first-order valence-electron chi connectivity index (χ1n) is 5.48. The van der Waals surface area contributed by atoms with Gasteiger partial charge in [-0.3, -0.25) is 4.79 Å². The Balaban J connectivity index is 2.34. The van der Waals surface area contributed by atoms with Crippen LogP contribution in [-0.2, 0) is 4.79 Å². The molecule has 102 valence electrons. The summed E-state index contributed by atoms with van der Waals surface area (Å²) in [6, 6.07) is 6.06. The van der Waals surface area contributed by atoms with Gasteiger partial charge in [-0.25, -0.2) is 0 Å². The van der Waals surface area contributed by atoms with Crippen LogP contribution in [0.4, 0.5) is 18.9 Å². The third-order valence-corrected chi connectivity index (χ3v) is 2.80. The molecule has 2 rings (SSSR count). The lowest BCUT2D eigenvalue weighted by Gasteiger charge is -2.12. The van der Waals surface area contributed by atoms with Gasteiger partial charge in [0.2, 0.25) is 0 Å². The van der Waals surface area contributed by atoms with E-state index >= 15 is 0 Å². The Morgan fingerprint density at radius 1 is 1.26 bits per heavy atom. The van der Waals surface area contributed by atoms with Crippen LogP contribution in [-0.4, -0.2) is 24.9 Å². The minimum absolute atomic E-state index is 0.275. The van der Waals surface area contributed by atoms with Gasteiger partial charge in [-0.2, -0.15) is 23.3 Å². The molecule has 0 spiro atoms. The first-order chi connectivity index (χ1) is 8.84. The quantitative estimate of drug-likeness (QED) is 0.830. The van der Waals surface area contributed by atoms with Crippen LogP contribution < -0.4 is 9.75 Å². The summed E-state index contributed by atoms with van der Waals surface area (Å²) >= 11 is 0. The molecule has 1 heterocycles. The van der Waals surface area contributed by atoms with Crippen molar-refractivity contribution in [3.8, 4) is 5.75 Å². The lowest BCUT2D eigenvalue weighted by atomic mass is 10.1. The molecule has 0 fully saturated rings. The van der Waals surface area contributed by atoms with Crippen molar-refractivity contribution in [2.45, 2.75) is 13.1 Å². The van der Waals surface area contributed by atoms with Gasteiger partial charge >= 0.3 is 6.18 Å². The maximum atomic E-state index is 12.7. The number of amides is 1. The van der Waals surface area contributed by atoms with Crippen LogP contribution in [0.5, 0.6) is 5.75 Å². The zero-order valence-electron chi connectivity index (χ0n) is 10.2. The highest BCUT2D eigenvalue weighted by Gasteiger charge is 2.48. The summed E-state index contributed by atoms with van der Waals surface area (Å²) in [5.41, 5.74) is -0.801. The molecule has 0 saturated carbocycles. The van der Waals surface area contributed by atoms with E-state index in [4.69, 9.17) is 4.74 Å². The van der Waals surface area contributed by atoms with Gasteiger partial charge in [0.05, 0.1) is 18.7 Å². The summed E-state index contributed by atoms with van der Waals surface area (Å²) in [4.78, 5) is 11.8. The molecule has 0 saturated heterocycles. The molecule has 7 heteroatoms. The first kappa shape index (κ1) is 13.4. The summed E-state index contributed by atoms with van der Waals surface area (Å²) in [5.74, 6) is -1.44. The van der Waals surface area contributed by atoms with Gasteiger partial charge in [-0.05, 0) is 31.2 Å². The Morgan fingerprint density at radius 2 is 1.84 bits per heavy atom. The number of hydrogen-bond donors (Lipinski definition) is 0. The molecule has 1 atom stereocenters. The van der Waals surface area contributed by atoms with Gasteiger partial charge < -0.3 is 4.74 Å². The predicted molar refractivity (Wildman–Crippen MR) is 63.1 cm³/mol. The first-order valence-corrected chi connectivity index (χ1v) is 5.48. The van der Waals surface area contributed by atoms with E-state index in [0.29, 0.717) is 5.75 Å². The number of carbonyl (C=O) groups excluding carboxylic acids is 1. The molecule has 4 nitrogen and oxygen atoms in total. The Hall–Kier alpha value is -2.05. The summed E-state index contributed by atoms with van der Waals surface area (Å²) < 4.78 is 42.9. The Bertz CT molecular complexity index is 523. The highest BCUT2D eigenvalue weighted by Crippen LogP contribution is 2.32. The van der Waals surface area contributed by atoms with Gasteiger partial charge in [0, 0.05) is 0 Å². The van der Waals surface area contributed by atoms with Gasteiger partial charge in [-0.15, -0.1) is 0 Å². The van der Waals surface area contributed by atoms with E-state index in [0.717, 1.165) is 5.01 Å². The normalized spacial score (nSPS) is 19.6. The summed E-state index contributed by atoms with van der Waals surface area (Å²) in [6.45, 7) is 1.19.